The number of carbonyl (C=O) groups excluding carboxylic acids is 1. The van der Waals surface area contributed by atoms with E-state index in [0.717, 1.165) is 13.0 Å². The fourth-order valence-corrected chi connectivity index (χ4v) is 0.817. The molecule has 1 fully saturated rings. The van der Waals surface area contributed by atoms with Gasteiger partial charge in [0.15, 0.2) is 6.10 Å². The molecule has 0 aliphatic carbocycles. The Morgan fingerprint density at radius 2 is 2.67 bits per heavy atom. The van der Waals surface area contributed by atoms with E-state index in [2.05, 4.69) is 11.9 Å². The summed E-state index contributed by atoms with van der Waals surface area (Å²) in [4.78, 5) is 10.7. The summed E-state index contributed by atoms with van der Waals surface area (Å²) in [5, 5.41) is 2.64. The van der Waals surface area contributed by atoms with E-state index in [1.165, 1.54) is 6.26 Å². The van der Waals surface area contributed by atoms with E-state index in [0.29, 0.717) is 0 Å². The van der Waals surface area contributed by atoms with Gasteiger partial charge in [-0.05, 0) is 0 Å². The van der Waals surface area contributed by atoms with Crippen LogP contribution in [0.2, 0.25) is 0 Å². The van der Waals surface area contributed by atoms with Crippen LogP contribution in [0.3, 0.4) is 0 Å². The van der Waals surface area contributed by atoms with Crippen LogP contribution in [-0.2, 0) is 9.53 Å². The maximum atomic E-state index is 10.7. The molecule has 1 saturated heterocycles. The lowest BCUT2D eigenvalue weighted by atomic mass is 10.3. The van der Waals surface area contributed by atoms with E-state index >= 15 is 0 Å². The van der Waals surface area contributed by atoms with E-state index < -0.39 is 0 Å². The van der Waals surface area contributed by atoms with Crippen LogP contribution in [0.1, 0.15) is 6.42 Å². The molecule has 9 heavy (non-hydrogen) atoms. The van der Waals surface area contributed by atoms with Gasteiger partial charge in [-0.25, -0.2) is 0 Å². The van der Waals surface area contributed by atoms with Gasteiger partial charge in [-0.2, -0.15) is 0 Å². The van der Waals surface area contributed by atoms with Gasteiger partial charge in [0.2, 0.25) is 0 Å². The monoisotopic (exact) mass is 127 g/mol. The smallest absolute Gasteiger partial charge is 0.261 e. The first-order valence-electron chi connectivity index (χ1n) is 2.88. The lowest BCUT2D eigenvalue weighted by Gasteiger charge is -2.03. The van der Waals surface area contributed by atoms with Gasteiger partial charge < -0.3 is 10.1 Å². The average molecular weight is 127 g/mol. The SMILES string of the molecule is C=CO[C@H]1CCNC1=O. The van der Waals surface area contributed by atoms with Crippen LogP contribution in [0.15, 0.2) is 12.8 Å². The second-order valence-electron chi connectivity index (χ2n) is 1.87. The van der Waals surface area contributed by atoms with Gasteiger partial charge in [-0.1, -0.05) is 6.58 Å². The number of hydrogen-bond donors (Lipinski definition) is 1. The second-order valence-corrected chi connectivity index (χ2v) is 1.87. The minimum absolute atomic E-state index is 0.0325. The third kappa shape index (κ3) is 1.22. The van der Waals surface area contributed by atoms with Crippen LogP contribution in [0, 0.1) is 0 Å². The highest BCUT2D eigenvalue weighted by Crippen LogP contribution is 2.03. The molecule has 1 amide bonds. The Morgan fingerprint density at radius 1 is 1.89 bits per heavy atom. The molecular weight excluding hydrogens is 118 g/mol. The predicted molar refractivity (Wildman–Crippen MR) is 32.7 cm³/mol. The van der Waals surface area contributed by atoms with Crippen molar-refractivity contribution in [3.05, 3.63) is 12.8 Å². The molecule has 0 spiro atoms. The largest absolute Gasteiger partial charge is 0.489 e. The molecule has 0 unspecified atom stereocenters. The molecule has 0 aromatic rings. The van der Waals surface area contributed by atoms with E-state index in [9.17, 15) is 4.79 Å². The molecule has 1 N–H and O–H groups in total. The number of nitrogens with one attached hydrogen (secondary N) is 1. The van der Waals surface area contributed by atoms with Gasteiger partial charge in [0.05, 0.1) is 6.26 Å². The summed E-state index contributed by atoms with van der Waals surface area (Å²) in [5.74, 6) is -0.0325. The van der Waals surface area contributed by atoms with Gasteiger partial charge in [0, 0.05) is 13.0 Å². The minimum atomic E-state index is -0.289. The number of hydrogen-bond acceptors (Lipinski definition) is 2. The quantitative estimate of drug-likeness (QED) is 0.532. The molecule has 1 heterocycles. The molecule has 1 rings (SSSR count). The summed E-state index contributed by atoms with van der Waals surface area (Å²) in [6.07, 6.45) is 1.77. The average Bonchev–Trinajstić information content (AvgIpc) is 2.18. The van der Waals surface area contributed by atoms with Crippen molar-refractivity contribution in [2.45, 2.75) is 12.5 Å². The molecule has 3 nitrogen and oxygen atoms in total. The number of rotatable bonds is 2. The Kier molecular flexibility index (Phi) is 1.72. The standard InChI is InChI=1S/C6H9NO2/c1-2-9-5-3-4-7-6(5)8/h2,5H,1,3-4H2,(H,7,8)/t5-/m0/s1. The van der Waals surface area contributed by atoms with Gasteiger partial charge in [0.1, 0.15) is 0 Å². The summed E-state index contributed by atoms with van der Waals surface area (Å²) in [6.45, 7) is 4.08. The van der Waals surface area contributed by atoms with Gasteiger partial charge in [0.25, 0.3) is 5.91 Å². The molecule has 3 heteroatoms. The van der Waals surface area contributed by atoms with Crippen LogP contribution in [0.25, 0.3) is 0 Å². The number of ether oxygens (including phenoxy) is 1. The highest BCUT2D eigenvalue weighted by Gasteiger charge is 2.23. The molecule has 0 radical (unpaired) electrons. The summed E-state index contributed by atoms with van der Waals surface area (Å²) >= 11 is 0. The lowest BCUT2D eigenvalue weighted by Crippen LogP contribution is -2.23. The maximum Gasteiger partial charge on any atom is 0.261 e. The number of carbonyl (C=O) groups is 1. The third-order valence-corrected chi connectivity index (χ3v) is 1.26. The summed E-state index contributed by atoms with van der Waals surface area (Å²) < 4.78 is 4.87. The van der Waals surface area contributed by atoms with Crippen molar-refractivity contribution in [3.63, 3.8) is 0 Å². The summed E-state index contributed by atoms with van der Waals surface area (Å²) in [5.41, 5.74) is 0. The molecule has 50 valence electrons. The Morgan fingerprint density at radius 3 is 3.11 bits per heavy atom. The fraction of sp³-hybridized carbons (Fsp3) is 0.500. The first-order valence-corrected chi connectivity index (χ1v) is 2.88. The Hall–Kier alpha value is -0.990. The van der Waals surface area contributed by atoms with Crippen LogP contribution in [-0.4, -0.2) is 18.6 Å². The van der Waals surface area contributed by atoms with Crippen LogP contribution in [0.4, 0.5) is 0 Å². The zero-order chi connectivity index (χ0) is 6.69. The molecule has 1 aliphatic heterocycles. The first kappa shape index (κ1) is 6.13. The van der Waals surface area contributed by atoms with Crippen molar-refractivity contribution in [2.75, 3.05) is 6.54 Å². The highest BCUT2D eigenvalue weighted by molar-refractivity contribution is 5.82. The molecule has 0 aromatic heterocycles. The Labute approximate surface area is 53.7 Å². The van der Waals surface area contributed by atoms with Crippen LogP contribution in [0.5, 0.6) is 0 Å². The summed E-state index contributed by atoms with van der Waals surface area (Å²) in [6, 6.07) is 0. The molecular formula is C6H9NO2. The second kappa shape index (κ2) is 2.53. The Bertz CT molecular complexity index is 133. The third-order valence-electron chi connectivity index (χ3n) is 1.26. The minimum Gasteiger partial charge on any atom is -0.489 e. The van der Waals surface area contributed by atoms with Crippen LogP contribution < -0.4 is 5.32 Å². The normalized spacial score (nSPS) is 25.3. The topological polar surface area (TPSA) is 38.3 Å². The summed E-state index contributed by atoms with van der Waals surface area (Å²) in [7, 11) is 0. The Balaban J connectivity index is 2.39. The molecule has 1 atom stereocenters. The number of amides is 1. The van der Waals surface area contributed by atoms with E-state index in [4.69, 9.17) is 4.74 Å². The van der Waals surface area contributed by atoms with Gasteiger partial charge in [-0.3, -0.25) is 4.79 Å². The fourth-order valence-electron chi connectivity index (χ4n) is 0.817. The highest BCUT2D eigenvalue weighted by atomic mass is 16.5. The van der Waals surface area contributed by atoms with E-state index in [-0.39, 0.29) is 12.0 Å². The van der Waals surface area contributed by atoms with Crippen molar-refractivity contribution in [3.8, 4) is 0 Å². The van der Waals surface area contributed by atoms with Crippen LogP contribution >= 0.6 is 0 Å². The molecule has 1 aliphatic rings. The zero-order valence-corrected chi connectivity index (χ0v) is 5.09. The zero-order valence-electron chi connectivity index (χ0n) is 5.09. The van der Waals surface area contributed by atoms with Gasteiger partial charge >= 0.3 is 0 Å². The van der Waals surface area contributed by atoms with Gasteiger partial charge in [-0.15, -0.1) is 0 Å². The van der Waals surface area contributed by atoms with Crippen molar-refractivity contribution < 1.29 is 9.53 Å². The van der Waals surface area contributed by atoms with Crippen molar-refractivity contribution in [1.82, 2.24) is 5.32 Å². The van der Waals surface area contributed by atoms with E-state index in [1.54, 1.807) is 0 Å². The molecule has 0 saturated carbocycles. The molecule has 0 aromatic carbocycles. The van der Waals surface area contributed by atoms with Crippen molar-refractivity contribution in [1.29, 1.82) is 0 Å². The van der Waals surface area contributed by atoms with E-state index in [1.807, 2.05) is 0 Å². The van der Waals surface area contributed by atoms with Crippen molar-refractivity contribution >= 4 is 5.91 Å². The maximum absolute atomic E-state index is 10.7. The molecule has 0 bridgehead atoms. The predicted octanol–water partition coefficient (Wildman–Crippen LogP) is 0.0350. The van der Waals surface area contributed by atoms with Crippen molar-refractivity contribution in [2.24, 2.45) is 0 Å². The first-order chi connectivity index (χ1) is 4.34. The lowest BCUT2D eigenvalue weighted by molar-refractivity contribution is -0.126.